The predicted molar refractivity (Wildman–Crippen MR) is 58.8 cm³/mol. The topological polar surface area (TPSA) is 20.3 Å². The van der Waals surface area contributed by atoms with Crippen LogP contribution in [0.15, 0.2) is 18.2 Å². The summed E-state index contributed by atoms with van der Waals surface area (Å²) in [6, 6.07) is 5.48. The maximum Gasteiger partial charge on any atom is 0.255 e. The van der Waals surface area contributed by atoms with Crippen LogP contribution in [0, 0.1) is 6.92 Å². The number of hydrogen-bond acceptors (Lipinski definition) is 1. The third kappa shape index (κ3) is 2.07. The number of hydrogen-bond donors (Lipinski definition) is 0. The lowest BCUT2D eigenvalue weighted by atomic mass is 10.1. The Hall–Kier alpha value is -1.02. The zero-order chi connectivity index (χ0) is 10.7. The molecular formula is C11H14ClNO. The first-order valence-electron chi connectivity index (χ1n) is 4.58. The molecule has 0 N–H and O–H groups in total. The molecule has 14 heavy (non-hydrogen) atoms. The van der Waals surface area contributed by atoms with E-state index >= 15 is 0 Å². The Morgan fingerprint density at radius 3 is 2.64 bits per heavy atom. The van der Waals surface area contributed by atoms with E-state index in [9.17, 15) is 4.79 Å². The van der Waals surface area contributed by atoms with Crippen molar-refractivity contribution in [2.75, 3.05) is 13.6 Å². The Balaban J connectivity index is 3.12. The number of aryl methyl sites for hydroxylation is 1. The molecule has 0 aliphatic rings. The molecule has 76 valence electrons. The van der Waals surface area contributed by atoms with Gasteiger partial charge in [-0.1, -0.05) is 23.7 Å². The van der Waals surface area contributed by atoms with E-state index in [-0.39, 0.29) is 5.91 Å². The smallest absolute Gasteiger partial charge is 0.255 e. The number of benzene rings is 1. The van der Waals surface area contributed by atoms with Crippen LogP contribution in [0.25, 0.3) is 0 Å². The molecule has 0 fully saturated rings. The zero-order valence-electron chi connectivity index (χ0n) is 8.67. The van der Waals surface area contributed by atoms with E-state index in [1.54, 1.807) is 18.0 Å². The maximum atomic E-state index is 11.9. The number of nitrogens with zero attached hydrogens (tertiary/aromatic N) is 1. The van der Waals surface area contributed by atoms with Gasteiger partial charge in [-0.15, -0.1) is 0 Å². The standard InChI is InChI=1S/C11H14ClNO/c1-4-13(3)11(14)10-8(2)6-5-7-9(10)12/h5-7H,4H2,1-3H3. The molecule has 0 radical (unpaired) electrons. The summed E-state index contributed by atoms with van der Waals surface area (Å²) >= 11 is 5.98. The van der Waals surface area contributed by atoms with Crippen LogP contribution in [0.2, 0.25) is 5.02 Å². The van der Waals surface area contributed by atoms with E-state index in [0.717, 1.165) is 5.56 Å². The lowest BCUT2D eigenvalue weighted by molar-refractivity contribution is 0.0802. The third-order valence-corrected chi connectivity index (χ3v) is 2.57. The van der Waals surface area contributed by atoms with Crippen molar-refractivity contribution >= 4 is 17.5 Å². The van der Waals surface area contributed by atoms with Crippen LogP contribution in [-0.4, -0.2) is 24.4 Å². The number of amides is 1. The fraction of sp³-hybridized carbons (Fsp3) is 0.364. The second kappa shape index (κ2) is 4.47. The van der Waals surface area contributed by atoms with Gasteiger partial charge in [0.25, 0.3) is 5.91 Å². The van der Waals surface area contributed by atoms with Crippen LogP contribution in [0.1, 0.15) is 22.8 Å². The van der Waals surface area contributed by atoms with Gasteiger partial charge >= 0.3 is 0 Å². The van der Waals surface area contributed by atoms with E-state index < -0.39 is 0 Å². The first kappa shape index (κ1) is 11.1. The van der Waals surface area contributed by atoms with Crippen molar-refractivity contribution in [1.82, 2.24) is 4.90 Å². The minimum atomic E-state index is -0.0180. The van der Waals surface area contributed by atoms with Crippen LogP contribution in [0.5, 0.6) is 0 Å². The van der Waals surface area contributed by atoms with Gasteiger partial charge in [0.2, 0.25) is 0 Å². The molecule has 0 atom stereocenters. The van der Waals surface area contributed by atoms with Gasteiger partial charge in [-0.2, -0.15) is 0 Å². The van der Waals surface area contributed by atoms with Gasteiger partial charge in [0, 0.05) is 13.6 Å². The molecule has 0 unspecified atom stereocenters. The first-order valence-corrected chi connectivity index (χ1v) is 4.96. The van der Waals surface area contributed by atoms with E-state index in [4.69, 9.17) is 11.6 Å². The van der Waals surface area contributed by atoms with Crippen LogP contribution < -0.4 is 0 Å². The second-order valence-electron chi connectivity index (χ2n) is 3.25. The highest BCUT2D eigenvalue weighted by Crippen LogP contribution is 2.20. The molecule has 0 aliphatic carbocycles. The Kier molecular flexibility index (Phi) is 3.53. The maximum absolute atomic E-state index is 11.9. The molecule has 2 nitrogen and oxygen atoms in total. The summed E-state index contributed by atoms with van der Waals surface area (Å²) in [5.41, 5.74) is 1.53. The second-order valence-corrected chi connectivity index (χ2v) is 3.66. The van der Waals surface area contributed by atoms with Crippen molar-refractivity contribution < 1.29 is 4.79 Å². The quantitative estimate of drug-likeness (QED) is 0.737. The summed E-state index contributed by atoms with van der Waals surface area (Å²) in [4.78, 5) is 13.5. The molecule has 1 rings (SSSR count). The van der Waals surface area contributed by atoms with Crippen molar-refractivity contribution in [2.45, 2.75) is 13.8 Å². The summed E-state index contributed by atoms with van der Waals surface area (Å²) in [5, 5.41) is 0.523. The Bertz CT molecular complexity index is 329. The number of carbonyl (C=O) groups is 1. The highest BCUT2D eigenvalue weighted by atomic mass is 35.5. The number of rotatable bonds is 2. The molecule has 0 bridgehead atoms. The van der Waals surface area contributed by atoms with Crippen LogP contribution in [0.4, 0.5) is 0 Å². The molecule has 0 aromatic heterocycles. The largest absolute Gasteiger partial charge is 0.342 e. The summed E-state index contributed by atoms with van der Waals surface area (Å²) < 4.78 is 0. The zero-order valence-corrected chi connectivity index (χ0v) is 9.43. The van der Waals surface area contributed by atoms with Gasteiger partial charge in [-0.05, 0) is 25.5 Å². The molecule has 0 saturated carbocycles. The Morgan fingerprint density at radius 2 is 2.14 bits per heavy atom. The summed E-state index contributed by atoms with van der Waals surface area (Å²) in [6.07, 6.45) is 0. The third-order valence-electron chi connectivity index (χ3n) is 2.26. The summed E-state index contributed by atoms with van der Waals surface area (Å²) in [7, 11) is 1.77. The monoisotopic (exact) mass is 211 g/mol. The predicted octanol–water partition coefficient (Wildman–Crippen LogP) is 2.74. The van der Waals surface area contributed by atoms with Crippen molar-refractivity contribution in [1.29, 1.82) is 0 Å². The average molecular weight is 212 g/mol. The molecule has 0 aliphatic heterocycles. The first-order chi connectivity index (χ1) is 6.57. The summed E-state index contributed by atoms with van der Waals surface area (Å²) in [6.45, 7) is 4.51. The molecule has 1 amide bonds. The Morgan fingerprint density at radius 1 is 1.50 bits per heavy atom. The van der Waals surface area contributed by atoms with Gasteiger partial charge in [0.15, 0.2) is 0 Å². The highest BCUT2D eigenvalue weighted by molar-refractivity contribution is 6.34. The lowest BCUT2D eigenvalue weighted by Gasteiger charge is -2.16. The fourth-order valence-electron chi connectivity index (χ4n) is 1.24. The van der Waals surface area contributed by atoms with Gasteiger partial charge in [0.05, 0.1) is 10.6 Å². The number of carbonyl (C=O) groups excluding carboxylic acids is 1. The van der Waals surface area contributed by atoms with Crippen LogP contribution >= 0.6 is 11.6 Å². The molecular weight excluding hydrogens is 198 g/mol. The number of halogens is 1. The van der Waals surface area contributed by atoms with Crippen molar-refractivity contribution in [3.05, 3.63) is 34.3 Å². The van der Waals surface area contributed by atoms with Crippen molar-refractivity contribution in [3.8, 4) is 0 Å². The van der Waals surface area contributed by atoms with Crippen LogP contribution in [0.3, 0.4) is 0 Å². The van der Waals surface area contributed by atoms with E-state index in [1.807, 2.05) is 26.0 Å². The van der Waals surface area contributed by atoms with Gasteiger partial charge in [-0.25, -0.2) is 0 Å². The van der Waals surface area contributed by atoms with Gasteiger partial charge < -0.3 is 4.90 Å². The van der Waals surface area contributed by atoms with Gasteiger partial charge in [-0.3, -0.25) is 4.79 Å². The fourth-order valence-corrected chi connectivity index (χ4v) is 1.54. The van der Waals surface area contributed by atoms with E-state index in [2.05, 4.69) is 0 Å². The Labute approximate surface area is 89.5 Å². The van der Waals surface area contributed by atoms with Crippen molar-refractivity contribution in [2.24, 2.45) is 0 Å². The molecule has 0 spiro atoms. The molecule has 1 aromatic carbocycles. The molecule has 0 saturated heterocycles. The molecule has 0 heterocycles. The SMILES string of the molecule is CCN(C)C(=O)c1c(C)cccc1Cl. The van der Waals surface area contributed by atoms with E-state index in [0.29, 0.717) is 17.1 Å². The van der Waals surface area contributed by atoms with Crippen LogP contribution in [-0.2, 0) is 0 Å². The minimum Gasteiger partial charge on any atom is -0.342 e. The molecule has 1 aromatic rings. The normalized spacial score (nSPS) is 10.0. The molecule has 3 heteroatoms. The summed E-state index contributed by atoms with van der Waals surface area (Å²) in [5.74, 6) is -0.0180. The highest BCUT2D eigenvalue weighted by Gasteiger charge is 2.15. The lowest BCUT2D eigenvalue weighted by Crippen LogP contribution is -2.27. The van der Waals surface area contributed by atoms with Crippen molar-refractivity contribution in [3.63, 3.8) is 0 Å². The average Bonchev–Trinajstić information content (AvgIpc) is 2.16. The van der Waals surface area contributed by atoms with E-state index in [1.165, 1.54) is 0 Å². The minimum absolute atomic E-state index is 0.0180. The van der Waals surface area contributed by atoms with Gasteiger partial charge in [0.1, 0.15) is 0 Å².